The summed E-state index contributed by atoms with van der Waals surface area (Å²) in [4.78, 5) is 24.4. The molecule has 2 rings (SSSR count). The van der Waals surface area contributed by atoms with Gasteiger partial charge in [0.25, 0.3) is 0 Å². The summed E-state index contributed by atoms with van der Waals surface area (Å²) < 4.78 is 5.35. The Hall–Kier alpha value is -1.64. The maximum Gasteiger partial charge on any atom is 0.151 e. The van der Waals surface area contributed by atoms with Gasteiger partial charge in [-0.2, -0.15) is 0 Å². The lowest BCUT2D eigenvalue weighted by Gasteiger charge is -2.24. The minimum Gasteiger partial charge on any atom is -0.496 e. The van der Waals surface area contributed by atoms with Crippen molar-refractivity contribution in [2.75, 3.05) is 7.11 Å². The molecule has 19 heavy (non-hydrogen) atoms. The second kappa shape index (κ2) is 4.80. The molecule has 0 amide bonds. The maximum absolute atomic E-state index is 12.2. The van der Waals surface area contributed by atoms with Gasteiger partial charge in [0.05, 0.1) is 7.11 Å². The first-order chi connectivity index (χ1) is 8.91. The first-order valence-corrected chi connectivity index (χ1v) is 6.66. The number of ether oxygens (including phenoxy) is 1. The predicted molar refractivity (Wildman–Crippen MR) is 73.7 cm³/mol. The van der Waals surface area contributed by atoms with Gasteiger partial charge in [-0.05, 0) is 24.5 Å². The molecule has 1 aromatic rings. The van der Waals surface area contributed by atoms with Crippen LogP contribution in [0.25, 0.3) is 0 Å². The van der Waals surface area contributed by atoms with E-state index in [-0.39, 0.29) is 11.6 Å². The molecule has 0 bridgehead atoms. The fourth-order valence-corrected chi connectivity index (χ4v) is 2.66. The molecule has 1 aliphatic carbocycles. The summed E-state index contributed by atoms with van der Waals surface area (Å²) >= 11 is 0. The zero-order valence-electron chi connectivity index (χ0n) is 11.9. The van der Waals surface area contributed by atoms with Gasteiger partial charge < -0.3 is 4.74 Å². The van der Waals surface area contributed by atoms with E-state index in [0.29, 0.717) is 30.1 Å². The summed E-state index contributed by atoms with van der Waals surface area (Å²) in [6.07, 6.45) is 0.675. The summed E-state index contributed by atoms with van der Waals surface area (Å²) in [7, 11) is 1.57. The van der Waals surface area contributed by atoms with Crippen LogP contribution in [0.15, 0.2) is 18.2 Å². The van der Waals surface area contributed by atoms with Gasteiger partial charge in [0.2, 0.25) is 0 Å². The van der Waals surface area contributed by atoms with E-state index in [9.17, 15) is 9.59 Å². The molecular formula is C16H20O3. The van der Waals surface area contributed by atoms with Crippen LogP contribution < -0.4 is 4.74 Å². The summed E-state index contributed by atoms with van der Waals surface area (Å²) in [5, 5.41) is 0. The highest BCUT2D eigenvalue weighted by Gasteiger charge is 2.48. The van der Waals surface area contributed by atoms with Gasteiger partial charge in [-0.3, -0.25) is 9.59 Å². The number of ketones is 2. The lowest BCUT2D eigenvalue weighted by atomic mass is 9.77. The molecule has 1 saturated carbocycles. The van der Waals surface area contributed by atoms with Crippen molar-refractivity contribution in [1.29, 1.82) is 0 Å². The maximum atomic E-state index is 12.2. The zero-order chi connectivity index (χ0) is 14.2. The lowest BCUT2D eigenvalue weighted by Crippen LogP contribution is -2.34. The van der Waals surface area contributed by atoms with Crippen LogP contribution in [0.1, 0.15) is 50.7 Å². The Balaban J connectivity index is 2.62. The van der Waals surface area contributed by atoms with Crippen molar-refractivity contribution in [3.8, 4) is 5.75 Å². The van der Waals surface area contributed by atoms with Gasteiger partial charge in [-0.25, -0.2) is 0 Å². The normalized spacial score (nSPS) is 18.2. The van der Waals surface area contributed by atoms with Gasteiger partial charge in [0.15, 0.2) is 11.6 Å². The third kappa shape index (κ3) is 2.07. The Labute approximate surface area is 114 Å². The van der Waals surface area contributed by atoms with E-state index in [1.807, 2.05) is 18.2 Å². The zero-order valence-corrected chi connectivity index (χ0v) is 11.9. The molecule has 3 nitrogen and oxygen atoms in total. The van der Waals surface area contributed by atoms with E-state index in [1.54, 1.807) is 14.0 Å². The molecule has 1 aliphatic rings. The van der Waals surface area contributed by atoms with Crippen molar-refractivity contribution >= 4 is 11.6 Å². The number of methoxy groups -OCH3 is 1. The minimum absolute atomic E-state index is 0.00305. The van der Waals surface area contributed by atoms with Crippen molar-refractivity contribution in [2.45, 2.75) is 44.9 Å². The van der Waals surface area contributed by atoms with Gasteiger partial charge >= 0.3 is 0 Å². The molecule has 1 fully saturated rings. The Kier molecular flexibility index (Phi) is 3.48. The Morgan fingerprint density at radius 3 is 2.21 bits per heavy atom. The van der Waals surface area contributed by atoms with Crippen LogP contribution >= 0.6 is 0 Å². The SMILES string of the molecule is COc1ccc(C(C)C)cc1C1(C)C(=O)CCC1=O. The molecule has 0 radical (unpaired) electrons. The third-order valence-corrected chi connectivity index (χ3v) is 4.12. The van der Waals surface area contributed by atoms with Crippen molar-refractivity contribution in [3.63, 3.8) is 0 Å². The van der Waals surface area contributed by atoms with E-state index in [2.05, 4.69) is 13.8 Å². The van der Waals surface area contributed by atoms with Crippen LogP contribution in [0.3, 0.4) is 0 Å². The highest BCUT2D eigenvalue weighted by atomic mass is 16.5. The third-order valence-electron chi connectivity index (χ3n) is 4.12. The van der Waals surface area contributed by atoms with E-state index in [1.165, 1.54) is 0 Å². The summed E-state index contributed by atoms with van der Waals surface area (Å²) in [5.74, 6) is 0.962. The van der Waals surface area contributed by atoms with E-state index in [0.717, 1.165) is 5.56 Å². The second-order valence-electron chi connectivity index (χ2n) is 5.59. The first-order valence-electron chi connectivity index (χ1n) is 6.66. The van der Waals surface area contributed by atoms with Crippen molar-refractivity contribution in [2.24, 2.45) is 0 Å². The van der Waals surface area contributed by atoms with Crippen molar-refractivity contribution in [1.82, 2.24) is 0 Å². The van der Waals surface area contributed by atoms with Crippen LogP contribution in [0.2, 0.25) is 0 Å². The number of benzene rings is 1. The molecule has 0 atom stereocenters. The van der Waals surface area contributed by atoms with Gasteiger partial charge in [0.1, 0.15) is 11.2 Å². The molecule has 0 heterocycles. The summed E-state index contributed by atoms with van der Waals surface area (Å²) in [6, 6.07) is 5.79. The summed E-state index contributed by atoms with van der Waals surface area (Å²) in [5.41, 5.74) is 0.800. The molecule has 0 aromatic heterocycles. The monoisotopic (exact) mass is 260 g/mol. The minimum atomic E-state index is -1.03. The van der Waals surface area contributed by atoms with Gasteiger partial charge in [-0.15, -0.1) is 0 Å². The molecule has 0 unspecified atom stereocenters. The van der Waals surface area contributed by atoms with Gasteiger partial charge in [0, 0.05) is 18.4 Å². The highest BCUT2D eigenvalue weighted by molar-refractivity contribution is 6.17. The standard InChI is InChI=1S/C16H20O3/c1-10(2)11-5-6-13(19-4)12(9-11)16(3)14(17)7-8-15(16)18/h5-6,9-10H,7-8H2,1-4H3. The Morgan fingerprint density at radius 1 is 1.16 bits per heavy atom. The van der Waals surface area contributed by atoms with Crippen LogP contribution in [0.5, 0.6) is 5.75 Å². The highest BCUT2D eigenvalue weighted by Crippen LogP contribution is 2.40. The second-order valence-corrected chi connectivity index (χ2v) is 5.59. The molecule has 0 N–H and O–H groups in total. The molecule has 0 aliphatic heterocycles. The fourth-order valence-electron chi connectivity index (χ4n) is 2.66. The number of hydrogen-bond donors (Lipinski definition) is 0. The van der Waals surface area contributed by atoms with E-state index in [4.69, 9.17) is 4.74 Å². The number of Topliss-reactive ketones (excluding diaryl/α,β-unsaturated/α-hetero) is 2. The molecule has 3 heteroatoms. The predicted octanol–water partition coefficient (Wildman–Crippen LogP) is 3.01. The van der Waals surface area contributed by atoms with Crippen LogP contribution in [-0.4, -0.2) is 18.7 Å². The number of rotatable bonds is 3. The van der Waals surface area contributed by atoms with E-state index < -0.39 is 5.41 Å². The molecule has 102 valence electrons. The Bertz CT molecular complexity index is 513. The number of carbonyl (C=O) groups excluding carboxylic acids is 2. The molecule has 0 spiro atoms. The van der Waals surface area contributed by atoms with Crippen molar-refractivity contribution < 1.29 is 14.3 Å². The lowest BCUT2D eigenvalue weighted by molar-refractivity contribution is -0.128. The van der Waals surface area contributed by atoms with Gasteiger partial charge in [-0.1, -0.05) is 26.0 Å². The molecule has 0 saturated heterocycles. The average Bonchev–Trinajstić information content (AvgIpc) is 2.66. The first kappa shape index (κ1) is 13.8. The summed E-state index contributed by atoms with van der Waals surface area (Å²) in [6.45, 7) is 5.91. The quantitative estimate of drug-likeness (QED) is 0.785. The molecular weight excluding hydrogens is 240 g/mol. The fraction of sp³-hybridized carbons (Fsp3) is 0.500. The average molecular weight is 260 g/mol. The molecule has 1 aromatic carbocycles. The van der Waals surface area contributed by atoms with Crippen molar-refractivity contribution in [3.05, 3.63) is 29.3 Å². The largest absolute Gasteiger partial charge is 0.496 e. The van der Waals surface area contributed by atoms with Crippen LogP contribution in [-0.2, 0) is 15.0 Å². The topological polar surface area (TPSA) is 43.4 Å². The van der Waals surface area contributed by atoms with E-state index >= 15 is 0 Å². The number of hydrogen-bond acceptors (Lipinski definition) is 3. The Morgan fingerprint density at radius 2 is 1.74 bits per heavy atom. The van der Waals surface area contributed by atoms with Crippen LogP contribution in [0.4, 0.5) is 0 Å². The van der Waals surface area contributed by atoms with Crippen LogP contribution in [0, 0.1) is 0 Å². The smallest absolute Gasteiger partial charge is 0.151 e. The number of carbonyl (C=O) groups is 2.